The Morgan fingerprint density at radius 3 is 2.57 bits per heavy atom. The second-order valence-corrected chi connectivity index (χ2v) is 8.58. The van der Waals surface area contributed by atoms with Crippen molar-refractivity contribution < 1.29 is 14.3 Å². The Kier molecular flexibility index (Phi) is 6.46. The van der Waals surface area contributed by atoms with Crippen LogP contribution in [0.3, 0.4) is 0 Å². The first kappa shape index (κ1) is 20.6. The molecule has 0 spiro atoms. The summed E-state index contributed by atoms with van der Waals surface area (Å²) in [4.78, 5) is 14.5. The van der Waals surface area contributed by atoms with Gasteiger partial charge in [-0.1, -0.05) is 37.8 Å². The van der Waals surface area contributed by atoms with E-state index in [-0.39, 0.29) is 11.8 Å². The van der Waals surface area contributed by atoms with Gasteiger partial charge in [-0.05, 0) is 54.7 Å². The summed E-state index contributed by atoms with van der Waals surface area (Å²) in [5, 5.41) is 0. The van der Waals surface area contributed by atoms with Gasteiger partial charge in [-0.3, -0.25) is 4.79 Å². The number of rotatable bonds is 6. The molecule has 0 aromatic heterocycles. The summed E-state index contributed by atoms with van der Waals surface area (Å²) in [7, 11) is 1.67. The number of nitrogens with two attached hydrogens (primary N) is 1. The van der Waals surface area contributed by atoms with Crippen LogP contribution in [0.25, 0.3) is 0 Å². The van der Waals surface area contributed by atoms with Crippen molar-refractivity contribution in [3.05, 3.63) is 48.0 Å². The van der Waals surface area contributed by atoms with Gasteiger partial charge in [0.2, 0.25) is 5.91 Å². The number of hydrogen-bond acceptors (Lipinski definition) is 4. The van der Waals surface area contributed by atoms with Gasteiger partial charge in [-0.15, -0.1) is 0 Å². The second kappa shape index (κ2) is 9.41. The van der Waals surface area contributed by atoms with E-state index in [4.69, 9.17) is 15.2 Å². The molecule has 4 rings (SSSR count). The van der Waals surface area contributed by atoms with Gasteiger partial charge < -0.3 is 20.1 Å². The first-order chi connectivity index (χ1) is 14.6. The Morgan fingerprint density at radius 2 is 1.83 bits per heavy atom. The van der Waals surface area contributed by atoms with Gasteiger partial charge >= 0.3 is 0 Å². The molecule has 0 radical (unpaired) electrons. The van der Waals surface area contributed by atoms with Crippen LogP contribution in [0.15, 0.2) is 42.5 Å². The molecule has 1 aliphatic carbocycles. The zero-order valence-corrected chi connectivity index (χ0v) is 17.8. The van der Waals surface area contributed by atoms with Crippen molar-refractivity contribution in [2.75, 3.05) is 30.9 Å². The van der Waals surface area contributed by atoms with E-state index in [1.165, 1.54) is 38.5 Å². The van der Waals surface area contributed by atoms with E-state index in [1.54, 1.807) is 7.11 Å². The molecule has 2 aliphatic rings. The van der Waals surface area contributed by atoms with Crippen molar-refractivity contribution in [3.63, 3.8) is 0 Å². The lowest BCUT2D eigenvalue weighted by molar-refractivity contribution is -0.117. The standard InChI is InChI=1S/C25H32N2O3/c1-29-23-12-11-19(13-24(23)30-17-18-7-4-2-3-5-8-18)20-14-25(28)27(16-20)22-10-6-9-21(26)15-22/h6,9-13,15,18,20H,2-5,7-8,14,16-17,26H2,1H3/t20-/m0/s1. The summed E-state index contributed by atoms with van der Waals surface area (Å²) in [5.41, 5.74) is 8.55. The average Bonchev–Trinajstić information content (AvgIpc) is 2.96. The Morgan fingerprint density at radius 1 is 1.03 bits per heavy atom. The molecule has 1 atom stereocenters. The third-order valence-corrected chi connectivity index (χ3v) is 6.42. The summed E-state index contributed by atoms with van der Waals surface area (Å²) in [6.07, 6.45) is 8.26. The van der Waals surface area contributed by atoms with Gasteiger partial charge in [-0.2, -0.15) is 0 Å². The number of methoxy groups -OCH3 is 1. The molecule has 2 fully saturated rings. The number of carbonyl (C=O) groups is 1. The minimum Gasteiger partial charge on any atom is -0.493 e. The third kappa shape index (κ3) is 4.72. The van der Waals surface area contributed by atoms with Crippen molar-refractivity contribution in [1.82, 2.24) is 0 Å². The normalized spacial score (nSPS) is 20.2. The van der Waals surface area contributed by atoms with Gasteiger partial charge in [0.15, 0.2) is 11.5 Å². The van der Waals surface area contributed by atoms with Gasteiger partial charge in [0.1, 0.15) is 0 Å². The Bertz CT molecular complexity index is 874. The predicted molar refractivity (Wildman–Crippen MR) is 120 cm³/mol. The maximum absolute atomic E-state index is 12.7. The van der Waals surface area contributed by atoms with Gasteiger partial charge in [0.05, 0.1) is 13.7 Å². The monoisotopic (exact) mass is 408 g/mol. The SMILES string of the molecule is COc1ccc([C@H]2CC(=O)N(c3cccc(N)c3)C2)cc1OCC1CCCCCC1. The quantitative estimate of drug-likeness (QED) is 0.530. The fourth-order valence-electron chi connectivity index (χ4n) is 4.67. The zero-order chi connectivity index (χ0) is 20.9. The number of benzene rings is 2. The molecule has 1 aliphatic heterocycles. The molecule has 5 heteroatoms. The molecular weight excluding hydrogens is 376 g/mol. The van der Waals surface area contributed by atoms with Crippen LogP contribution in [0.4, 0.5) is 11.4 Å². The van der Waals surface area contributed by atoms with E-state index in [0.717, 1.165) is 29.4 Å². The summed E-state index contributed by atoms with van der Waals surface area (Å²) in [5.74, 6) is 2.42. The Hall–Kier alpha value is -2.69. The topological polar surface area (TPSA) is 64.8 Å². The number of nitrogen functional groups attached to an aromatic ring is 1. The first-order valence-electron chi connectivity index (χ1n) is 11.1. The minimum atomic E-state index is 0.127. The number of nitrogens with zero attached hydrogens (tertiary/aromatic N) is 1. The first-order valence-corrected chi connectivity index (χ1v) is 11.1. The maximum atomic E-state index is 12.7. The highest BCUT2D eigenvalue weighted by atomic mass is 16.5. The van der Waals surface area contributed by atoms with Gasteiger partial charge in [-0.25, -0.2) is 0 Å². The molecular formula is C25H32N2O3. The molecule has 2 aromatic rings. The highest BCUT2D eigenvalue weighted by Crippen LogP contribution is 2.37. The van der Waals surface area contributed by atoms with E-state index in [9.17, 15) is 4.79 Å². The van der Waals surface area contributed by atoms with Crippen LogP contribution >= 0.6 is 0 Å². The molecule has 1 amide bonds. The van der Waals surface area contributed by atoms with E-state index in [2.05, 4.69) is 12.1 Å². The Balaban J connectivity index is 1.47. The molecule has 1 heterocycles. The van der Waals surface area contributed by atoms with Crippen LogP contribution < -0.4 is 20.1 Å². The molecule has 1 saturated heterocycles. The van der Waals surface area contributed by atoms with E-state index in [1.807, 2.05) is 35.2 Å². The summed E-state index contributed by atoms with van der Waals surface area (Å²) in [6, 6.07) is 13.6. The number of amides is 1. The smallest absolute Gasteiger partial charge is 0.227 e. The lowest BCUT2D eigenvalue weighted by Gasteiger charge is -2.19. The highest BCUT2D eigenvalue weighted by molar-refractivity contribution is 5.96. The van der Waals surface area contributed by atoms with E-state index in [0.29, 0.717) is 24.6 Å². The van der Waals surface area contributed by atoms with E-state index >= 15 is 0 Å². The van der Waals surface area contributed by atoms with Crippen LogP contribution in [-0.2, 0) is 4.79 Å². The number of anilines is 2. The number of hydrogen-bond donors (Lipinski definition) is 1. The summed E-state index contributed by atoms with van der Waals surface area (Å²) < 4.78 is 11.8. The minimum absolute atomic E-state index is 0.127. The molecule has 2 N–H and O–H groups in total. The van der Waals surface area contributed by atoms with Crippen molar-refractivity contribution in [1.29, 1.82) is 0 Å². The number of ether oxygens (including phenoxy) is 2. The highest BCUT2D eigenvalue weighted by Gasteiger charge is 2.32. The fraction of sp³-hybridized carbons (Fsp3) is 0.480. The van der Waals surface area contributed by atoms with Crippen LogP contribution in [0.5, 0.6) is 11.5 Å². The van der Waals surface area contributed by atoms with Crippen molar-refractivity contribution >= 4 is 17.3 Å². The van der Waals surface area contributed by atoms with Crippen molar-refractivity contribution in [2.24, 2.45) is 5.92 Å². The lowest BCUT2D eigenvalue weighted by atomic mass is 9.97. The summed E-state index contributed by atoms with van der Waals surface area (Å²) >= 11 is 0. The van der Waals surface area contributed by atoms with Gasteiger partial charge in [0.25, 0.3) is 0 Å². The average molecular weight is 409 g/mol. The van der Waals surface area contributed by atoms with E-state index < -0.39 is 0 Å². The van der Waals surface area contributed by atoms with Crippen molar-refractivity contribution in [2.45, 2.75) is 50.9 Å². The fourth-order valence-corrected chi connectivity index (χ4v) is 4.67. The summed E-state index contributed by atoms with van der Waals surface area (Å²) in [6.45, 7) is 1.38. The largest absolute Gasteiger partial charge is 0.493 e. The van der Waals surface area contributed by atoms with Gasteiger partial charge in [0, 0.05) is 30.3 Å². The molecule has 160 valence electrons. The van der Waals surface area contributed by atoms with Crippen LogP contribution in [0.2, 0.25) is 0 Å². The molecule has 5 nitrogen and oxygen atoms in total. The lowest BCUT2D eigenvalue weighted by Crippen LogP contribution is -2.24. The number of carbonyl (C=O) groups excluding carboxylic acids is 1. The molecule has 0 bridgehead atoms. The molecule has 0 unspecified atom stereocenters. The zero-order valence-electron chi connectivity index (χ0n) is 17.8. The maximum Gasteiger partial charge on any atom is 0.227 e. The third-order valence-electron chi connectivity index (χ3n) is 6.42. The van der Waals surface area contributed by atoms with Crippen molar-refractivity contribution in [3.8, 4) is 11.5 Å². The molecule has 30 heavy (non-hydrogen) atoms. The molecule has 1 saturated carbocycles. The van der Waals surface area contributed by atoms with Crippen LogP contribution in [0.1, 0.15) is 56.4 Å². The Labute approximate surface area is 179 Å². The van der Waals surface area contributed by atoms with Crippen LogP contribution in [0, 0.1) is 5.92 Å². The second-order valence-electron chi connectivity index (χ2n) is 8.58. The molecule has 2 aromatic carbocycles. The predicted octanol–water partition coefficient (Wildman–Crippen LogP) is 5.15. The van der Waals surface area contributed by atoms with Crippen LogP contribution in [-0.4, -0.2) is 26.2 Å².